The highest BCUT2D eigenvalue weighted by molar-refractivity contribution is 7.92. The summed E-state index contributed by atoms with van der Waals surface area (Å²) in [5.74, 6) is -0.647. The van der Waals surface area contributed by atoms with Gasteiger partial charge in [-0.25, -0.2) is 31.7 Å². The second kappa shape index (κ2) is 11.3. The molecule has 16 heteroatoms. The van der Waals surface area contributed by atoms with Crippen LogP contribution in [0.2, 0.25) is 0 Å². The summed E-state index contributed by atoms with van der Waals surface area (Å²) in [7, 11) is -8.98. The summed E-state index contributed by atoms with van der Waals surface area (Å²) in [5, 5.41) is 25.2. The SMILES string of the molecule is NCCNS(=O)(=O)c1ccc(-c2cccc(C(=O)NC[C@H](O)CN)c2)c(C2=NCN=N2)c1S(N)(=O)=O. The van der Waals surface area contributed by atoms with Gasteiger partial charge < -0.3 is 21.9 Å². The van der Waals surface area contributed by atoms with E-state index in [1.165, 1.54) is 18.2 Å². The van der Waals surface area contributed by atoms with Crippen LogP contribution in [-0.2, 0) is 20.0 Å². The highest BCUT2D eigenvalue weighted by Gasteiger charge is 2.32. The molecule has 14 nitrogen and oxygen atoms in total. The van der Waals surface area contributed by atoms with Crippen LogP contribution in [-0.4, -0.2) is 72.6 Å². The number of amides is 1. The monoisotopic (exact) mass is 538 g/mol. The summed E-state index contributed by atoms with van der Waals surface area (Å²) in [4.78, 5) is 15.3. The van der Waals surface area contributed by atoms with Crippen LogP contribution in [0.3, 0.4) is 0 Å². The third-order valence-corrected chi connectivity index (χ3v) is 7.64. The summed E-state index contributed by atoms with van der Waals surface area (Å²) >= 11 is 0. The molecule has 1 amide bonds. The molecule has 0 unspecified atom stereocenters. The van der Waals surface area contributed by atoms with E-state index < -0.39 is 41.8 Å². The van der Waals surface area contributed by atoms with E-state index in [9.17, 15) is 26.7 Å². The standard InChI is InChI=1S/C20H26N8O6S2/c21-6-7-27-36(33,34)16-5-4-15(17(18(16)35(23,31)32)19-25-11-26-28-19)12-2-1-3-13(8-12)20(30)24-10-14(29)9-22/h1-5,8,14,27,29H,6-7,9-11,21-22H2,(H,24,30)(H2,23,31,32)/t14-/m1/s1. The van der Waals surface area contributed by atoms with Crippen LogP contribution in [0, 0.1) is 0 Å². The molecule has 9 N–H and O–H groups in total. The Morgan fingerprint density at radius 3 is 2.50 bits per heavy atom. The normalized spacial score (nSPS) is 14.5. The fourth-order valence-electron chi connectivity index (χ4n) is 3.37. The lowest BCUT2D eigenvalue weighted by Crippen LogP contribution is -2.36. The quantitative estimate of drug-likeness (QED) is 0.195. The van der Waals surface area contributed by atoms with E-state index in [4.69, 9.17) is 16.6 Å². The van der Waals surface area contributed by atoms with Gasteiger partial charge in [0.25, 0.3) is 5.91 Å². The third kappa shape index (κ3) is 6.16. The van der Waals surface area contributed by atoms with Gasteiger partial charge in [0.15, 0.2) is 12.5 Å². The van der Waals surface area contributed by atoms with E-state index in [-0.39, 0.29) is 55.4 Å². The first-order valence-corrected chi connectivity index (χ1v) is 13.6. The van der Waals surface area contributed by atoms with Crippen molar-refractivity contribution in [3.8, 4) is 11.1 Å². The van der Waals surface area contributed by atoms with Gasteiger partial charge in [-0.1, -0.05) is 18.2 Å². The van der Waals surface area contributed by atoms with Crippen molar-refractivity contribution in [1.29, 1.82) is 0 Å². The average Bonchev–Trinajstić information content (AvgIpc) is 3.39. The highest BCUT2D eigenvalue weighted by atomic mass is 32.2. The molecule has 1 aliphatic rings. The van der Waals surface area contributed by atoms with E-state index in [1.807, 2.05) is 0 Å². The molecule has 0 aliphatic carbocycles. The fourth-order valence-corrected chi connectivity index (χ4v) is 6.02. The Morgan fingerprint density at radius 1 is 1.14 bits per heavy atom. The molecule has 0 bridgehead atoms. The first-order valence-electron chi connectivity index (χ1n) is 10.6. The number of benzene rings is 2. The molecule has 0 aromatic heterocycles. The number of carbonyl (C=O) groups excluding carboxylic acids is 1. The smallest absolute Gasteiger partial charge is 0.251 e. The van der Waals surface area contributed by atoms with Crippen molar-refractivity contribution in [1.82, 2.24) is 10.0 Å². The summed E-state index contributed by atoms with van der Waals surface area (Å²) in [6, 6.07) is 8.57. The molecule has 1 atom stereocenters. The minimum absolute atomic E-state index is 0.0209. The van der Waals surface area contributed by atoms with E-state index >= 15 is 0 Å². The van der Waals surface area contributed by atoms with E-state index in [0.29, 0.717) is 5.56 Å². The molecule has 3 rings (SSSR count). The summed E-state index contributed by atoms with van der Waals surface area (Å²) in [6.07, 6.45) is -0.922. The molecule has 1 heterocycles. The molecule has 1 aliphatic heterocycles. The zero-order chi connectivity index (χ0) is 26.5. The zero-order valence-electron chi connectivity index (χ0n) is 19.0. The van der Waals surface area contributed by atoms with E-state index in [0.717, 1.165) is 6.07 Å². The van der Waals surface area contributed by atoms with E-state index in [1.54, 1.807) is 12.1 Å². The maximum absolute atomic E-state index is 12.9. The number of amidine groups is 1. The van der Waals surface area contributed by atoms with Crippen molar-refractivity contribution in [2.75, 3.05) is 32.8 Å². The number of hydrogen-bond donors (Lipinski definition) is 6. The Kier molecular flexibility index (Phi) is 8.62. The third-order valence-electron chi connectivity index (χ3n) is 5.01. The van der Waals surface area contributed by atoms with Gasteiger partial charge in [0.1, 0.15) is 9.79 Å². The Balaban J connectivity index is 2.23. The molecule has 0 fully saturated rings. The second-order valence-corrected chi connectivity index (χ2v) is 10.8. The van der Waals surface area contributed by atoms with Crippen LogP contribution >= 0.6 is 0 Å². The van der Waals surface area contributed by atoms with Crippen molar-refractivity contribution in [2.24, 2.45) is 31.8 Å². The van der Waals surface area contributed by atoms with Crippen LogP contribution < -0.4 is 26.6 Å². The largest absolute Gasteiger partial charge is 0.390 e. The number of aliphatic imine (C=N–C) groups is 1. The molecule has 2 aromatic rings. The van der Waals surface area contributed by atoms with Crippen LogP contribution in [0.25, 0.3) is 11.1 Å². The Labute approximate surface area is 207 Å². The molecule has 194 valence electrons. The lowest BCUT2D eigenvalue weighted by Gasteiger charge is -2.17. The Hall–Kier alpha value is -3.12. The van der Waals surface area contributed by atoms with Gasteiger partial charge in [-0.3, -0.25) is 4.79 Å². The van der Waals surface area contributed by atoms with Gasteiger partial charge in [-0.05, 0) is 29.3 Å². The summed E-state index contributed by atoms with van der Waals surface area (Å²) < 4.78 is 53.5. The number of primary sulfonamides is 1. The van der Waals surface area contributed by atoms with Gasteiger partial charge >= 0.3 is 0 Å². The van der Waals surface area contributed by atoms with Crippen molar-refractivity contribution in [2.45, 2.75) is 15.9 Å². The maximum atomic E-state index is 12.9. The van der Waals surface area contributed by atoms with Gasteiger partial charge in [-0.15, -0.1) is 5.11 Å². The summed E-state index contributed by atoms with van der Waals surface area (Å²) in [5.41, 5.74) is 11.3. The average molecular weight is 539 g/mol. The lowest BCUT2D eigenvalue weighted by molar-refractivity contribution is 0.0920. The highest BCUT2D eigenvalue weighted by Crippen LogP contribution is 2.35. The number of nitrogens with one attached hydrogen (secondary N) is 2. The summed E-state index contributed by atoms with van der Waals surface area (Å²) in [6.45, 7) is -0.355. The number of carbonyl (C=O) groups is 1. The minimum atomic E-state index is -4.64. The van der Waals surface area contributed by atoms with Gasteiger partial charge in [0.05, 0.1) is 11.7 Å². The number of aliphatic hydroxyl groups excluding tert-OH is 1. The molecule has 0 spiro atoms. The van der Waals surface area contributed by atoms with Gasteiger partial charge in [0.2, 0.25) is 20.0 Å². The number of nitrogens with two attached hydrogens (primary N) is 3. The molecular formula is C20H26N8O6S2. The van der Waals surface area contributed by atoms with Crippen molar-refractivity contribution in [3.05, 3.63) is 47.5 Å². The predicted octanol–water partition coefficient (Wildman–Crippen LogP) is -1.54. The van der Waals surface area contributed by atoms with Gasteiger partial charge in [0, 0.05) is 31.7 Å². The lowest BCUT2D eigenvalue weighted by atomic mass is 9.97. The number of aliphatic hydroxyl groups is 1. The van der Waals surface area contributed by atoms with Crippen LogP contribution in [0.4, 0.5) is 0 Å². The van der Waals surface area contributed by atoms with Gasteiger partial charge in [-0.2, -0.15) is 5.11 Å². The molecule has 0 saturated carbocycles. The first kappa shape index (κ1) is 27.5. The van der Waals surface area contributed by atoms with Crippen molar-refractivity contribution < 1.29 is 26.7 Å². The van der Waals surface area contributed by atoms with E-state index in [2.05, 4.69) is 25.3 Å². The number of nitrogens with zero attached hydrogens (tertiary/aromatic N) is 3. The van der Waals surface area contributed by atoms with Crippen molar-refractivity contribution in [3.63, 3.8) is 0 Å². The zero-order valence-corrected chi connectivity index (χ0v) is 20.6. The molecule has 0 saturated heterocycles. The molecule has 2 aromatic carbocycles. The fraction of sp³-hybridized carbons (Fsp3) is 0.300. The number of hydrogen-bond acceptors (Lipinski definition) is 11. The topological polar surface area (TPSA) is 245 Å². The second-order valence-electron chi connectivity index (χ2n) is 7.59. The van der Waals surface area contributed by atoms with Crippen molar-refractivity contribution >= 4 is 31.8 Å². The molecular weight excluding hydrogens is 512 g/mol. The minimum Gasteiger partial charge on any atom is -0.390 e. The number of sulfonamides is 2. The van der Waals surface area contributed by atoms with Crippen LogP contribution in [0.5, 0.6) is 0 Å². The number of azo groups is 1. The Morgan fingerprint density at radius 2 is 1.89 bits per heavy atom. The molecule has 0 radical (unpaired) electrons. The predicted molar refractivity (Wildman–Crippen MR) is 131 cm³/mol. The maximum Gasteiger partial charge on any atom is 0.251 e. The molecule has 36 heavy (non-hydrogen) atoms. The Bertz CT molecular complexity index is 1420. The van der Waals surface area contributed by atoms with Crippen LogP contribution in [0.1, 0.15) is 15.9 Å². The number of rotatable bonds is 11. The van der Waals surface area contributed by atoms with Crippen LogP contribution in [0.15, 0.2) is 61.4 Å². The first-order chi connectivity index (χ1) is 17.0.